The molecule has 0 spiro atoms. The van der Waals surface area contributed by atoms with Gasteiger partial charge in [0.05, 0.1) is 16.2 Å². The van der Waals surface area contributed by atoms with Crippen LogP contribution in [0.15, 0.2) is 64.5 Å². The van der Waals surface area contributed by atoms with Crippen molar-refractivity contribution in [1.82, 2.24) is 4.90 Å². The van der Waals surface area contributed by atoms with Gasteiger partial charge in [0.1, 0.15) is 0 Å². The Morgan fingerprint density at radius 2 is 1.84 bits per heavy atom. The number of carbonyl (C=O) groups excluding carboxylic acids is 1. The van der Waals surface area contributed by atoms with Crippen molar-refractivity contribution < 1.29 is 14.7 Å². The first-order valence-corrected chi connectivity index (χ1v) is 8.58. The van der Waals surface area contributed by atoms with Crippen molar-refractivity contribution in [3.05, 3.63) is 70.6 Å². The van der Waals surface area contributed by atoms with E-state index in [9.17, 15) is 9.59 Å². The van der Waals surface area contributed by atoms with Crippen LogP contribution < -0.4 is 0 Å². The predicted molar refractivity (Wildman–Crippen MR) is 99.9 cm³/mol. The van der Waals surface area contributed by atoms with Gasteiger partial charge in [0.15, 0.2) is 5.17 Å². The lowest BCUT2D eigenvalue weighted by Gasteiger charge is -2.11. The van der Waals surface area contributed by atoms with Crippen molar-refractivity contribution in [3.8, 4) is 0 Å². The zero-order valence-electron chi connectivity index (χ0n) is 13.5. The maximum absolute atomic E-state index is 12.6. The van der Waals surface area contributed by atoms with Gasteiger partial charge < -0.3 is 5.11 Å². The number of thioether (sulfide) groups is 1. The number of hydrogen-bond donors (Lipinski definition) is 1. The lowest BCUT2D eigenvalue weighted by atomic mass is 10.1. The summed E-state index contributed by atoms with van der Waals surface area (Å²) in [6.45, 7) is 2.44. The molecule has 0 radical (unpaired) electrons. The second-order valence-electron chi connectivity index (χ2n) is 5.32. The fraction of sp³-hybridized carbons (Fsp3) is 0.105. The number of para-hydroxylation sites is 1. The molecule has 5 nitrogen and oxygen atoms in total. The molecule has 0 bridgehead atoms. The number of benzene rings is 2. The summed E-state index contributed by atoms with van der Waals surface area (Å²) >= 11 is 1.32. The standard InChI is InChI=1S/C19H16N2O3S/c1-2-21-17(22)16(12-13-8-10-14(11-9-13)18(23)24)25-19(21)20-15-6-4-3-5-7-15/h3-12H,2H2,1H3,(H,23,24)/b16-12-,20-19?. The molecule has 0 aliphatic carbocycles. The van der Waals surface area contributed by atoms with E-state index in [0.717, 1.165) is 11.3 Å². The van der Waals surface area contributed by atoms with Crippen LogP contribution in [0.3, 0.4) is 0 Å². The van der Waals surface area contributed by atoms with Crippen LogP contribution in [0.1, 0.15) is 22.8 Å². The monoisotopic (exact) mass is 352 g/mol. The third-order valence-corrected chi connectivity index (χ3v) is 4.65. The molecule has 0 unspecified atom stereocenters. The van der Waals surface area contributed by atoms with Gasteiger partial charge in [-0.15, -0.1) is 0 Å². The molecule has 6 heteroatoms. The van der Waals surface area contributed by atoms with E-state index in [1.165, 1.54) is 23.9 Å². The van der Waals surface area contributed by atoms with Gasteiger partial charge in [-0.3, -0.25) is 9.69 Å². The Morgan fingerprint density at radius 1 is 1.16 bits per heavy atom. The summed E-state index contributed by atoms with van der Waals surface area (Å²) < 4.78 is 0. The summed E-state index contributed by atoms with van der Waals surface area (Å²) in [5.74, 6) is -1.07. The van der Waals surface area contributed by atoms with E-state index in [1.54, 1.807) is 23.1 Å². The Balaban J connectivity index is 1.89. The topological polar surface area (TPSA) is 70.0 Å². The molecule has 126 valence electrons. The van der Waals surface area contributed by atoms with Gasteiger partial charge in [-0.25, -0.2) is 9.79 Å². The summed E-state index contributed by atoms with van der Waals surface area (Å²) in [5, 5.41) is 9.59. The molecule has 0 atom stereocenters. The highest BCUT2D eigenvalue weighted by atomic mass is 32.2. The Morgan fingerprint density at radius 3 is 2.44 bits per heavy atom. The van der Waals surface area contributed by atoms with E-state index in [-0.39, 0.29) is 11.5 Å². The van der Waals surface area contributed by atoms with Crippen LogP contribution in [0.2, 0.25) is 0 Å². The molecule has 1 N–H and O–H groups in total. The zero-order chi connectivity index (χ0) is 17.8. The molecule has 1 amide bonds. The van der Waals surface area contributed by atoms with E-state index in [4.69, 9.17) is 5.11 Å². The fourth-order valence-corrected chi connectivity index (χ4v) is 3.42. The minimum atomic E-state index is -0.972. The van der Waals surface area contributed by atoms with Crippen molar-refractivity contribution in [1.29, 1.82) is 0 Å². The van der Waals surface area contributed by atoms with E-state index in [1.807, 2.05) is 37.3 Å². The van der Waals surface area contributed by atoms with Crippen LogP contribution in [0.4, 0.5) is 5.69 Å². The summed E-state index contributed by atoms with van der Waals surface area (Å²) in [4.78, 5) is 30.2. The predicted octanol–water partition coefficient (Wildman–Crippen LogP) is 4.01. The van der Waals surface area contributed by atoms with Crippen LogP contribution >= 0.6 is 11.8 Å². The van der Waals surface area contributed by atoms with Crippen molar-refractivity contribution >= 4 is 40.6 Å². The number of hydrogen-bond acceptors (Lipinski definition) is 4. The number of carboxylic acid groups (broad SMARTS) is 1. The summed E-state index contributed by atoms with van der Waals surface area (Å²) in [6, 6.07) is 15.9. The van der Waals surface area contributed by atoms with Crippen molar-refractivity contribution in [2.24, 2.45) is 4.99 Å². The van der Waals surface area contributed by atoms with Crippen LogP contribution in [-0.4, -0.2) is 33.6 Å². The normalized spacial score (nSPS) is 17.5. The Kier molecular flexibility index (Phi) is 5.00. The molecule has 1 aliphatic rings. The highest BCUT2D eigenvalue weighted by Crippen LogP contribution is 2.33. The Bertz CT molecular complexity index is 858. The number of nitrogens with zero attached hydrogens (tertiary/aromatic N) is 2. The number of carboxylic acids is 1. The minimum absolute atomic E-state index is 0.0931. The smallest absolute Gasteiger partial charge is 0.335 e. The number of aromatic carboxylic acids is 1. The molecule has 0 aromatic heterocycles. The first-order valence-electron chi connectivity index (χ1n) is 7.77. The lowest BCUT2D eigenvalue weighted by molar-refractivity contribution is -0.122. The molecule has 3 rings (SSSR count). The van der Waals surface area contributed by atoms with Gasteiger partial charge in [0.2, 0.25) is 0 Å². The largest absolute Gasteiger partial charge is 0.478 e. The summed E-state index contributed by atoms with van der Waals surface area (Å²) in [6.07, 6.45) is 1.76. The highest BCUT2D eigenvalue weighted by molar-refractivity contribution is 8.18. The van der Waals surface area contributed by atoms with Gasteiger partial charge in [0.25, 0.3) is 5.91 Å². The average molecular weight is 352 g/mol. The molecular formula is C19H16N2O3S. The number of rotatable bonds is 4. The average Bonchev–Trinajstić information content (AvgIpc) is 2.91. The van der Waals surface area contributed by atoms with Crippen LogP contribution in [0.25, 0.3) is 6.08 Å². The molecule has 2 aromatic carbocycles. The molecule has 0 saturated carbocycles. The molecule has 1 saturated heterocycles. The number of amidine groups is 1. The van der Waals surface area contributed by atoms with Gasteiger partial charge in [-0.05, 0) is 54.6 Å². The fourth-order valence-electron chi connectivity index (χ4n) is 2.36. The second-order valence-corrected chi connectivity index (χ2v) is 6.33. The second kappa shape index (κ2) is 7.36. The molecule has 25 heavy (non-hydrogen) atoms. The third-order valence-electron chi connectivity index (χ3n) is 3.64. The van der Waals surface area contributed by atoms with Crippen molar-refractivity contribution in [2.45, 2.75) is 6.92 Å². The zero-order valence-corrected chi connectivity index (χ0v) is 14.4. The molecule has 2 aromatic rings. The van der Waals surface area contributed by atoms with E-state index in [2.05, 4.69) is 4.99 Å². The number of likely N-dealkylation sites (N-methyl/N-ethyl adjacent to an activating group) is 1. The lowest BCUT2D eigenvalue weighted by Crippen LogP contribution is -2.28. The quantitative estimate of drug-likeness (QED) is 0.844. The molecule has 1 fully saturated rings. The van der Waals surface area contributed by atoms with Crippen LogP contribution in [0.5, 0.6) is 0 Å². The van der Waals surface area contributed by atoms with Gasteiger partial charge >= 0.3 is 5.97 Å². The highest BCUT2D eigenvalue weighted by Gasteiger charge is 2.32. The molecule has 1 heterocycles. The summed E-state index contributed by atoms with van der Waals surface area (Å²) in [7, 11) is 0. The maximum Gasteiger partial charge on any atom is 0.335 e. The molecular weight excluding hydrogens is 336 g/mol. The Hall–Kier alpha value is -2.86. The number of carbonyl (C=O) groups is 2. The SMILES string of the molecule is CCN1C(=O)/C(=C/c2ccc(C(=O)O)cc2)SC1=Nc1ccccc1. The van der Waals surface area contributed by atoms with Crippen LogP contribution in [0, 0.1) is 0 Å². The van der Waals surface area contributed by atoms with Gasteiger partial charge in [0, 0.05) is 6.54 Å². The van der Waals surface area contributed by atoms with Crippen LogP contribution in [-0.2, 0) is 4.79 Å². The van der Waals surface area contributed by atoms with Crippen molar-refractivity contribution in [3.63, 3.8) is 0 Å². The third kappa shape index (κ3) is 3.80. The van der Waals surface area contributed by atoms with Gasteiger partial charge in [-0.2, -0.15) is 0 Å². The molecule has 1 aliphatic heterocycles. The maximum atomic E-state index is 12.6. The van der Waals surface area contributed by atoms with Gasteiger partial charge in [-0.1, -0.05) is 30.3 Å². The Labute approximate surface area is 149 Å². The van der Waals surface area contributed by atoms with E-state index < -0.39 is 5.97 Å². The number of amides is 1. The minimum Gasteiger partial charge on any atom is -0.478 e. The first kappa shape index (κ1) is 17.0. The number of aliphatic imine (C=N–C) groups is 1. The summed E-state index contributed by atoms with van der Waals surface area (Å²) in [5.41, 5.74) is 1.79. The first-order chi connectivity index (χ1) is 12.1. The van der Waals surface area contributed by atoms with E-state index in [0.29, 0.717) is 16.6 Å². The van der Waals surface area contributed by atoms with Crippen molar-refractivity contribution in [2.75, 3.05) is 6.54 Å². The van der Waals surface area contributed by atoms with E-state index >= 15 is 0 Å².